The SMILES string of the molecule is FC(F)(F)c1c(-c2ccccc2)nc2ncc(Cl)cc2c1-c1ccccc1. The molecule has 0 unspecified atom stereocenters. The van der Waals surface area contributed by atoms with Crippen molar-refractivity contribution in [1.82, 2.24) is 9.97 Å². The Kier molecular flexibility index (Phi) is 4.32. The summed E-state index contributed by atoms with van der Waals surface area (Å²) in [6, 6.07) is 18.2. The van der Waals surface area contributed by atoms with Gasteiger partial charge < -0.3 is 0 Å². The molecular formula is C21H12ClF3N2. The minimum atomic E-state index is -4.61. The van der Waals surface area contributed by atoms with Gasteiger partial charge in [0.15, 0.2) is 5.65 Å². The van der Waals surface area contributed by atoms with E-state index in [2.05, 4.69) is 9.97 Å². The first-order valence-electron chi connectivity index (χ1n) is 8.12. The van der Waals surface area contributed by atoms with E-state index in [-0.39, 0.29) is 27.3 Å². The molecule has 0 aliphatic carbocycles. The lowest BCUT2D eigenvalue weighted by Gasteiger charge is -2.19. The number of pyridine rings is 2. The van der Waals surface area contributed by atoms with Crippen molar-refractivity contribution in [1.29, 1.82) is 0 Å². The van der Waals surface area contributed by atoms with Crippen LogP contribution < -0.4 is 0 Å². The monoisotopic (exact) mass is 384 g/mol. The zero-order valence-electron chi connectivity index (χ0n) is 13.8. The molecule has 2 nitrogen and oxygen atoms in total. The van der Waals surface area contributed by atoms with Gasteiger partial charge in [-0.2, -0.15) is 13.2 Å². The van der Waals surface area contributed by atoms with E-state index in [0.29, 0.717) is 11.1 Å². The van der Waals surface area contributed by atoms with Crippen LogP contribution in [0.4, 0.5) is 13.2 Å². The van der Waals surface area contributed by atoms with E-state index in [1.54, 1.807) is 60.7 Å². The first kappa shape index (κ1) is 17.5. The minimum Gasteiger partial charge on any atom is -0.235 e. The highest BCUT2D eigenvalue weighted by Gasteiger charge is 2.39. The smallest absolute Gasteiger partial charge is 0.235 e. The fourth-order valence-electron chi connectivity index (χ4n) is 3.11. The Morgan fingerprint density at radius 3 is 2.00 bits per heavy atom. The first-order chi connectivity index (χ1) is 12.9. The van der Waals surface area contributed by atoms with Crippen molar-refractivity contribution in [2.24, 2.45) is 0 Å². The molecule has 0 saturated carbocycles. The molecule has 0 atom stereocenters. The normalized spacial score (nSPS) is 11.7. The van der Waals surface area contributed by atoms with Crippen molar-refractivity contribution >= 4 is 22.6 Å². The van der Waals surface area contributed by atoms with E-state index in [4.69, 9.17) is 11.6 Å². The number of alkyl halides is 3. The number of halogens is 4. The molecule has 0 aliphatic rings. The van der Waals surface area contributed by atoms with Gasteiger partial charge >= 0.3 is 6.18 Å². The second-order valence-electron chi connectivity index (χ2n) is 5.96. The van der Waals surface area contributed by atoms with E-state index >= 15 is 0 Å². The number of aromatic nitrogens is 2. The van der Waals surface area contributed by atoms with E-state index in [0.717, 1.165) is 0 Å². The number of nitrogens with zero attached hydrogens (tertiary/aromatic N) is 2. The van der Waals surface area contributed by atoms with Crippen molar-refractivity contribution < 1.29 is 13.2 Å². The van der Waals surface area contributed by atoms with Crippen LogP contribution in [-0.4, -0.2) is 9.97 Å². The Balaban J connectivity index is 2.21. The second kappa shape index (κ2) is 6.67. The van der Waals surface area contributed by atoms with Crippen LogP contribution in [0.5, 0.6) is 0 Å². The number of hydrogen-bond acceptors (Lipinski definition) is 2. The predicted octanol–water partition coefficient (Wildman–Crippen LogP) is 6.64. The number of hydrogen-bond donors (Lipinski definition) is 0. The first-order valence-corrected chi connectivity index (χ1v) is 8.50. The average Bonchev–Trinajstić information content (AvgIpc) is 2.67. The maximum Gasteiger partial charge on any atom is 0.419 e. The Bertz CT molecular complexity index is 1110. The minimum absolute atomic E-state index is 0.0296. The largest absolute Gasteiger partial charge is 0.419 e. The van der Waals surface area contributed by atoms with Crippen LogP contribution in [0, 0.1) is 0 Å². The Labute approximate surface area is 158 Å². The molecule has 0 radical (unpaired) electrons. The Hall–Kier alpha value is -2.92. The van der Waals surface area contributed by atoms with Gasteiger partial charge in [0.2, 0.25) is 0 Å². The fourth-order valence-corrected chi connectivity index (χ4v) is 3.26. The molecule has 0 aliphatic heterocycles. The highest BCUT2D eigenvalue weighted by Crippen LogP contribution is 2.45. The summed E-state index contributed by atoms with van der Waals surface area (Å²) in [6.45, 7) is 0. The molecule has 0 bridgehead atoms. The van der Waals surface area contributed by atoms with Crippen LogP contribution in [0.15, 0.2) is 72.9 Å². The third kappa shape index (κ3) is 3.26. The number of fused-ring (bicyclic) bond motifs is 1. The maximum atomic E-state index is 14.2. The summed E-state index contributed by atoms with van der Waals surface area (Å²) in [5.74, 6) is 0. The molecular weight excluding hydrogens is 373 g/mol. The molecule has 27 heavy (non-hydrogen) atoms. The lowest BCUT2D eigenvalue weighted by atomic mass is 9.92. The van der Waals surface area contributed by atoms with Crippen LogP contribution in [0.25, 0.3) is 33.4 Å². The van der Waals surface area contributed by atoms with Gasteiger partial charge in [-0.25, -0.2) is 9.97 Å². The fraction of sp³-hybridized carbons (Fsp3) is 0.0476. The standard InChI is InChI=1S/C21H12ClF3N2/c22-15-11-16-17(13-7-3-1-4-8-13)18(21(23,24)25)19(27-20(16)26-12-15)14-9-5-2-6-10-14/h1-12H. The summed E-state index contributed by atoms with van der Waals surface area (Å²) in [4.78, 5) is 8.42. The molecule has 6 heteroatoms. The van der Waals surface area contributed by atoms with Gasteiger partial charge in [-0.1, -0.05) is 72.3 Å². The molecule has 4 aromatic rings. The van der Waals surface area contributed by atoms with Crippen molar-refractivity contribution in [3.8, 4) is 22.4 Å². The summed E-state index contributed by atoms with van der Waals surface area (Å²) in [7, 11) is 0. The highest BCUT2D eigenvalue weighted by atomic mass is 35.5. The van der Waals surface area contributed by atoms with Gasteiger partial charge in [-0.3, -0.25) is 0 Å². The van der Waals surface area contributed by atoms with Crippen LogP contribution in [0.1, 0.15) is 5.56 Å². The summed E-state index contributed by atoms with van der Waals surface area (Å²) in [5.41, 5.74) is 0.104. The van der Waals surface area contributed by atoms with Crippen LogP contribution in [0.2, 0.25) is 5.02 Å². The molecule has 0 spiro atoms. The van der Waals surface area contributed by atoms with Gasteiger partial charge in [0.1, 0.15) is 0 Å². The van der Waals surface area contributed by atoms with E-state index in [1.165, 1.54) is 12.3 Å². The van der Waals surface area contributed by atoms with Gasteiger partial charge in [0.25, 0.3) is 0 Å². The molecule has 0 fully saturated rings. The number of rotatable bonds is 2. The molecule has 0 saturated heterocycles. The molecule has 2 aromatic heterocycles. The molecule has 0 N–H and O–H groups in total. The van der Waals surface area contributed by atoms with Crippen molar-refractivity contribution in [2.75, 3.05) is 0 Å². The molecule has 0 amide bonds. The summed E-state index contributed by atoms with van der Waals surface area (Å²) in [5, 5.41) is 0.516. The van der Waals surface area contributed by atoms with Crippen LogP contribution in [-0.2, 0) is 6.18 Å². The molecule has 2 heterocycles. The van der Waals surface area contributed by atoms with E-state index in [9.17, 15) is 13.2 Å². The van der Waals surface area contributed by atoms with Gasteiger partial charge in [-0.15, -0.1) is 0 Å². The highest BCUT2D eigenvalue weighted by molar-refractivity contribution is 6.31. The summed E-state index contributed by atoms with van der Waals surface area (Å²) >= 11 is 6.03. The average molecular weight is 385 g/mol. The van der Waals surface area contributed by atoms with Crippen molar-refractivity contribution in [3.05, 3.63) is 83.5 Å². The quantitative estimate of drug-likeness (QED) is 0.387. The topological polar surface area (TPSA) is 25.8 Å². The predicted molar refractivity (Wildman–Crippen MR) is 100 cm³/mol. The zero-order valence-corrected chi connectivity index (χ0v) is 14.6. The number of benzene rings is 2. The third-order valence-corrected chi connectivity index (χ3v) is 4.41. The second-order valence-corrected chi connectivity index (χ2v) is 6.40. The zero-order chi connectivity index (χ0) is 19.0. The lowest BCUT2D eigenvalue weighted by molar-refractivity contribution is -0.136. The molecule has 2 aromatic carbocycles. The summed E-state index contributed by atoms with van der Waals surface area (Å²) in [6.07, 6.45) is -3.23. The van der Waals surface area contributed by atoms with Crippen molar-refractivity contribution in [2.45, 2.75) is 6.18 Å². The Morgan fingerprint density at radius 1 is 0.815 bits per heavy atom. The summed E-state index contributed by atoms with van der Waals surface area (Å²) < 4.78 is 42.6. The third-order valence-electron chi connectivity index (χ3n) is 4.20. The van der Waals surface area contributed by atoms with Gasteiger partial charge in [0.05, 0.1) is 16.3 Å². The van der Waals surface area contributed by atoms with E-state index in [1.807, 2.05) is 0 Å². The van der Waals surface area contributed by atoms with Crippen LogP contribution >= 0.6 is 11.6 Å². The maximum absolute atomic E-state index is 14.2. The Morgan fingerprint density at radius 2 is 1.41 bits per heavy atom. The molecule has 4 rings (SSSR count). The van der Waals surface area contributed by atoms with Crippen molar-refractivity contribution in [3.63, 3.8) is 0 Å². The molecule has 134 valence electrons. The van der Waals surface area contributed by atoms with E-state index < -0.39 is 11.7 Å². The van der Waals surface area contributed by atoms with Gasteiger partial charge in [-0.05, 0) is 11.6 Å². The van der Waals surface area contributed by atoms with Gasteiger partial charge in [0, 0.05) is 22.7 Å². The van der Waals surface area contributed by atoms with Crippen LogP contribution in [0.3, 0.4) is 0 Å². The lowest BCUT2D eigenvalue weighted by Crippen LogP contribution is -2.12.